The van der Waals surface area contributed by atoms with Crippen molar-refractivity contribution in [1.29, 1.82) is 0 Å². The molecule has 0 saturated carbocycles. The Morgan fingerprint density at radius 2 is 2.11 bits per heavy atom. The Morgan fingerprint density at radius 3 is 2.67 bits per heavy atom. The van der Waals surface area contributed by atoms with E-state index in [9.17, 15) is 9.59 Å². The zero-order valence-corrected chi connectivity index (χ0v) is 11.4. The summed E-state index contributed by atoms with van der Waals surface area (Å²) in [5, 5.41) is 14.0. The van der Waals surface area contributed by atoms with Gasteiger partial charge in [0.1, 0.15) is 0 Å². The highest BCUT2D eigenvalue weighted by molar-refractivity contribution is 9.11. The molecule has 0 aromatic heterocycles. The Labute approximate surface area is 113 Å². The monoisotopic (exact) mass is 312 g/mol. The molecular formula is C12H13BrN2O3. The van der Waals surface area contributed by atoms with Crippen LogP contribution in [0.5, 0.6) is 0 Å². The molecule has 0 atom stereocenters. The van der Waals surface area contributed by atoms with Gasteiger partial charge in [-0.15, -0.1) is 0 Å². The maximum atomic E-state index is 11.5. The molecule has 2 amide bonds. The van der Waals surface area contributed by atoms with E-state index in [0.29, 0.717) is 4.48 Å². The molecule has 1 rings (SSSR count). The van der Waals surface area contributed by atoms with E-state index in [1.807, 2.05) is 0 Å². The Kier molecular flexibility index (Phi) is 4.91. The molecule has 0 spiro atoms. The molecule has 6 heteroatoms. The van der Waals surface area contributed by atoms with E-state index in [4.69, 9.17) is 5.11 Å². The summed E-state index contributed by atoms with van der Waals surface area (Å²) in [5.74, 6) is -1.08. The number of carbonyl (C=O) groups excluding carboxylic acids is 1. The first kappa shape index (κ1) is 14.2. The molecular weight excluding hydrogens is 300 g/mol. The van der Waals surface area contributed by atoms with Crippen LogP contribution in [0, 0.1) is 6.92 Å². The van der Waals surface area contributed by atoms with Crippen LogP contribution in [0.4, 0.5) is 10.5 Å². The fourth-order valence-corrected chi connectivity index (χ4v) is 1.43. The van der Waals surface area contributed by atoms with Gasteiger partial charge < -0.3 is 15.7 Å². The van der Waals surface area contributed by atoms with Crippen LogP contribution in [0.1, 0.15) is 15.9 Å². The molecule has 0 fully saturated rings. The normalized spacial score (nSPS) is 9.67. The van der Waals surface area contributed by atoms with Crippen molar-refractivity contribution in [2.75, 3.05) is 11.9 Å². The molecule has 0 aliphatic rings. The van der Waals surface area contributed by atoms with Gasteiger partial charge in [-0.3, -0.25) is 0 Å². The number of rotatable bonds is 4. The molecule has 0 unspecified atom stereocenters. The maximum absolute atomic E-state index is 11.5. The van der Waals surface area contributed by atoms with Crippen molar-refractivity contribution >= 4 is 33.6 Å². The zero-order valence-electron chi connectivity index (χ0n) is 9.79. The number of halogens is 1. The lowest BCUT2D eigenvalue weighted by Crippen LogP contribution is -2.30. The molecule has 1 aromatic rings. The van der Waals surface area contributed by atoms with E-state index in [1.165, 1.54) is 6.07 Å². The maximum Gasteiger partial charge on any atom is 0.337 e. The van der Waals surface area contributed by atoms with Gasteiger partial charge in [0.2, 0.25) is 0 Å². The number of hydrogen-bond donors (Lipinski definition) is 3. The molecule has 1 aromatic carbocycles. The lowest BCUT2D eigenvalue weighted by Gasteiger charge is -2.10. The summed E-state index contributed by atoms with van der Waals surface area (Å²) < 4.78 is 0.625. The van der Waals surface area contributed by atoms with E-state index < -0.39 is 12.0 Å². The quantitative estimate of drug-likeness (QED) is 0.800. The van der Waals surface area contributed by atoms with E-state index in [1.54, 1.807) is 19.1 Å². The van der Waals surface area contributed by atoms with Gasteiger partial charge in [0.15, 0.2) is 0 Å². The average Bonchev–Trinajstić information content (AvgIpc) is 2.28. The minimum absolute atomic E-state index is 0.0582. The smallest absolute Gasteiger partial charge is 0.337 e. The number of nitrogens with one attached hydrogen (secondary N) is 2. The van der Waals surface area contributed by atoms with Crippen LogP contribution in [0.2, 0.25) is 0 Å². The second-order valence-electron chi connectivity index (χ2n) is 3.68. The Bertz CT molecular complexity index is 500. The van der Waals surface area contributed by atoms with Crippen LogP contribution in [0.25, 0.3) is 0 Å². The van der Waals surface area contributed by atoms with Crippen LogP contribution < -0.4 is 10.6 Å². The van der Waals surface area contributed by atoms with Gasteiger partial charge in [-0.05, 0) is 19.1 Å². The molecule has 0 saturated heterocycles. The molecule has 0 radical (unpaired) electrons. The van der Waals surface area contributed by atoms with Gasteiger partial charge in [0, 0.05) is 4.48 Å². The highest BCUT2D eigenvalue weighted by Gasteiger charge is 2.12. The molecule has 0 heterocycles. The lowest BCUT2D eigenvalue weighted by molar-refractivity contribution is 0.0698. The third kappa shape index (κ3) is 4.21. The van der Waals surface area contributed by atoms with Gasteiger partial charge in [-0.1, -0.05) is 34.1 Å². The third-order valence-corrected chi connectivity index (χ3v) is 2.37. The lowest BCUT2D eigenvalue weighted by atomic mass is 10.1. The minimum Gasteiger partial charge on any atom is -0.478 e. The van der Waals surface area contributed by atoms with E-state index in [0.717, 1.165) is 5.56 Å². The van der Waals surface area contributed by atoms with Gasteiger partial charge >= 0.3 is 12.0 Å². The van der Waals surface area contributed by atoms with E-state index >= 15 is 0 Å². The number of benzene rings is 1. The molecule has 3 N–H and O–H groups in total. The van der Waals surface area contributed by atoms with Crippen LogP contribution in [0.15, 0.2) is 29.3 Å². The molecule has 96 valence electrons. The summed E-state index contributed by atoms with van der Waals surface area (Å²) >= 11 is 3.10. The highest BCUT2D eigenvalue weighted by atomic mass is 79.9. The molecule has 18 heavy (non-hydrogen) atoms. The first-order chi connectivity index (χ1) is 8.40. The van der Waals surface area contributed by atoms with Crippen molar-refractivity contribution in [3.05, 3.63) is 40.4 Å². The van der Waals surface area contributed by atoms with Crippen molar-refractivity contribution in [2.45, 2.75) is 6.92 Å². The fraction of sp³-hybridized carbons (Fsp3) is 0.167. The molecule has 0 aliphatic heterocycles. The van der Waals surface area contributed by atoms with Crippen molar-refractivity contribution in [3.8, 4) is 0 Å². The first-order valence-electron chi connectivity index (χ1n) is 5.12. The number of aromatic carboxylic acids is 1. The van der Waals surface area contributed by atoms with Gasteiger partial charge in [-0.25, -0.2) is 9.59 Å². The SMILES string of the molecule is C=C(Br)CNC(=O)Nc1ccc(C)cc1C(=O)O. The first-order valence-corrected chi connectivity index (χ1v) is 5.91. The number of carboxylic acid groups (broad SMARTS) is 1. The summed E-state index contributed by atoms with van der Waals surface area (Å²) in [5.41, 5.74) is 1.13. The second-order valence-corrected chi connectivity index (χ2v) is 4.80. The number of aryl methyl sites for hydroxylation is 1. The van der Waals surface area contributed by atoms with Gasteiger partial charge in [0.25, 0.3) is 0 Å². The number of carbonyl (C=O) groups is 2. The van der Waals surface area contributed by atoms with Crippen molar-refractivity contribution in [1.82, 2.24) is 5.32 Å². The standard InChI is InChI=1S/C12H13BrN2O3/c1-7-3-4-10(9(5-7)11(16)17)15-12(18)14-6-8(2)13/h3-5H,2,6H2,1H3,(H,16,17)(H2,14,15,18). The molecule has 0 aliphatic carbocycles. The number of carboxylic acids is 1. The summed E-state index contributed by atoms with van der Waals surface area (Å²) in [4.78, 5) is 22.5. The Morgan fingerprint density at radius 1 is 1.44 bits per heavy atom. The summed E-state index contributed by atoms with van der Waals surface area (Å²) in [6.45, 7) is 5.62. The van der Waals surface area contributed by atoms with Gasteiger partial charge in [-0.2, -0.15) is 0 Å². The Balaban J connectivity index is 2.81. The molecule has 0 bridgehead atoms. The fourth-order valence-electron chi connectivity index (χ4n) is 1.29. The second kappa shape index (κ2) is 6.20. The summed E-state index contributed by atoms with van der Waals surface area (Å²) in [6, 6.07) is 4.30. The van der Waals surface area contributed by atoms with Crippen LogP contribution >= 0.6 is 15.9 Å². The van der Waals surface area contributed by atoms with Crippen LogP contribution in [0.3, 0.4) is 0 Å². The van der Waals surface area contributed by atoms with E-state index in [-0.39, 0.29) is 17.8 Å². The minimum atomic E-state index is -1.08. The predicted octanol–water partition coefficient (Wildman–Crippen LogP) is 2.72. The average molecular weight is 313 g/mol. The van der Waals surface area contributed by atoms with Crippen LogP contribution in [-0.4, -0.2) is 23.7 Å². The van der Waals surface area contributed by atoms with Crippen molar-refractivity contribution < 1.29 is 14.7 Å². The number of hydrogen-bond acceptors (Lipinski definition) is 2. The van der Waals surface area contributed by atoms with Crippen LogP contribution in [-0.2, 0) is 0 Å². The van der Waals surface area contributed by atoms with Crippen molar-refractivity contribution in [3.63, 3.8) is 0 Å². The number of amides is 2. The third-order valence-electron chi connectivity index (χ3n) is 2.09. The Hall–Kier alpha value is -1.82. The summed E-state index contributed by atoms with van der Waals surface area (Å²) in [7, 11) is 0. The van der Waals surface area contributed by atoms with Crippen molar-refractivity contribution in [2.24, 2.45) is 0 Å². The number of urea groups is 1. The van der Waals surface area contributed by atoms with Gasteiger partial charge in [0.05, 0.1) is 17.8 Å². The summed E-state index contributed by atoms with van der Waals surface area (Å²) in [6.07, 6.45) is 0. The topological polar surface area (TPSA) is 78.4 Å². The highest BCUT2D eigenvalue weighted by Crippen LogP contribution is 2.17. The molecule has 5 nitrogen and oxygen atoms in total. The van der Waals surface area contributed by atoms with E-state index in [2.05, 4.69) is 33.1 Å². The largest absolute Gasteiger partial charge is 0.478 e. The zero-order chi connectivity index (χ0) is 13.7. The predicted molar refractivity (Wildman–Crippen MR) is 73.2 cm³/mol. The number of anilines is 1.